The zero-order valence-corrected chi connectivity index (χ0v) is 11.2. The van der Waals surface area contributed by atoms with Crippen LogP contribution in [0.25, 0.3) is 0 Å². The number of nitrogens with one attached hydrogen (secondary N) is 1. The zero-order valence-electron chi connectivity index (χ0n) is 11.2. The van der Waals surface area contributed by atoms with Gasteiger partial charge >= 0.3 is 0 Å². The number of fused-ring (bicyclic) bond motifs is 1. The van der Waals surface area contributed by atoms with E-state index >= 15 is 0 Å². The van der Waals surface area contributed by atoms with Gasteiger partial charge in [0.25, 0.3) is 0 Å². The number of hydrogen-bond donors (Lipinski definition) is 1. The van der Waals surface area contributed by atoms with Gasteiger partial charge in [-0.3, -0.25) is 0 Å². The first-order valence-corrected chi connectivity index (χ1v) is 6.32. The number of benzene rings is 1. The summed E-state index contributed by atoms with van der Waals surface area (Å²) in [5.41, 5.74) is 2.76. The summed E-state index contributed by atoms with van der Waals surface area (Å²) in [4.78, 5) is 2.48. The molecule has 1 aromatic rings. The van der Waals surface area contributed by atoms with Crippen LogP contribution in [-0.4, -0.2) is 32.8 Å². The van der Waals surface area contributed by atoms with E-state index < -0.39 is 0 Å². The zero-order chi connectivity index (χ0) is 12.4. The van der Waals surface area contributed by atoms with Crippen LogP contribution in [0, 0.1) is 0 Å². The van der Waals surface area contributed by atoms with Gasteiger partial charge in [-0.05, 0) is 51.1 Å². The predicted molar refractivity (Wildman–Crippen MR) is 72.0 cm³/mol. The minimum atomic E-state index is 0.494. The van der Waals surface area contributed by atoms with Crippen molar-refractivity contribution in [2.75, 3.05) is 25.6 Å². The van der Waals surface area contributed by atoms with E-state index in [0.29, 0.717) is 12.1 Å². The molecule has 94 valence electrons. The maximum Gasteiger partial charge on any atom is 0.119 e. The van der Waals surface area contributed by atoms with Crippen LogP contribution in [0.5, 0.6) is 5.75 Å². The predicted octanol–water partition coefficient (Wildman–Crippen LogP) is 2.05. The van der Waals surface area contributed by atoms with E-state index in [1.165, 1.54) is 11.3 Å². The minimum Gasteiger partial charge on any atom is -0.497 e. The quantitative estimate of drug-likeness (QED) is 0.863. The van der Waals surface area contributed by atoms with Gasteiger partial charge in [-0.15, -0.1) is 0 Å². The van der Waals surface area contributed by atoms with E-state index in [2.05, 4.69) is 36.2 Å². The number of hydrogen-bond acceptors (Lipinski definition) is 3. The second kappa shape index (κ2) is 4.96. The van der Waals surface area contributed by atoms with Crippen molar-refractivity contribution in [3.8, 4) is 5.75 Å². The van der Waals surface area contributed by atoms with Crippen LogP contribution in [0.3, 0.4) is 0 Å². The summed E-state index contributed by atoms with van der Waals surface area (Å²) in [6.07, 6.45) is 1.10. The van der Waals surface area contributed by atoms with E-state index in [9.17, 15) is 0 Å². The molecule has 17 heavy (non-hydrogen) atoms. The summed E-state index contributed by atoms with van der Waals surface area (Å²) < 4.78 is 5.30. The maximum atomic E-state index is 5.30. The highest BCUT2D eigenvalue weighted by atomic mass is 16.5. The van der Waals surface area contributed by atoms with Crippen LogP contribution in [0.4, 0.5) is 5.69 Å². The average molecular weight is 234 g/mol. The molecule has 0 aromatic heterocycles. The lowest BCUT2D eigenvalue weighted by atomic mass is 10.0. The maximum absolute atomic E-state index is 5.30. The van der Waals surface area contributed by atoms with Gasteiger partial charge in [0.05, 0.1) is 7.11 Å². The van der Waals surface area contributed by atoms with Gasteiger partial charge in [0.15, 0.2) is 0 Å². The van der Waals surface area contributed by atoms with E-state index in [-0.39, 0.29) is 0 Å². The first-order valence-electron chi connectivity index (χ1n) is 6.32. The summed E-state index contributed by atoms with van der Waals surface area (Å²) in [6, 6.07) is 7.44. The Morgan fingerprint density at radius 2 is 2.29 bits per heavy atom. The van der Waals surface area contributed by atoms with Crippen molar-refractivity contribution in [3.63, 3.8) is 0 Å². The number of anilines is 1. The molecule has 1 heterocycles. The van der Waals surface area contributed by atoms with Crippen molar-refractivity contribution in [3.05, 3.63) is 23.8 Å². The Hall–Kier alpha value is -1.22. The summed E-state index contributed by atoms with van der Waals surface area (Å²) in [5.74, 6) is 0.956. The molecule has 1 aliphatic rings. The van der Waals surface area contributed by atoms with E-state index in [0.717, 1.165) is 18.7 Å². The highest BCUT2D eigenvalue weighted by Crippen LogP contribution is 2.35. The lowest BCUT2D eigenvalue weighted by Gasteiger charge is -2.30. The third-order valence-electron chi connectivity index (χ3n) is 3.80. The van der Waals surface area contributed by atoms with Crippen LogP contribution in [0.15, 0.2) is 18.2 Å². The smallest absolute Gasteiger partial charge is 0.119 e. The molecule has 1 aliphatic heterocycles. The molecule has 2 rings (SSSR count). The van der Waals surface area contributed by atoms with Crippen LogP contribution in [0.2, 0.25) is 0 Å². The average Bonchev–Trinajstić information content (AvgIpc) is 2.74. The molecular formula is C14H22N2O. The van der Waals surface area contributed by atoms with E-state index in [4.69, 9.17) is 4.74 Å². The Balaban J connectivity index is 2.30. The monoisotopic (exact) mass is 234 g/mol. The lowest BCUT2D eigenvalue weighted by molar-refractivity contribution is 0.414. The molecule has 0 fully saturated rings. The summed E-state index contributed by atoms with van der Waals surface area (Å²) >= 11 is 0. The van der Waals surface area contributed by atoms with Crippen molar-refractivity contribution in [2.45, 2.75) is 32.4 Å². The molecule has 0 spiro atoms. The Kier molecular flexibility index (Phi) is 3.57. The molecule has 0 radical (unpaired) electrons. The first kappa shape index (κ1) is 12.2. The van der Waals surface area contributed by atoms with Crippen molar-refractivity contribution < 1.29 is 4.74 Å². The normalized spacial score (nSPS) is 20.2. The first-order chi connectivity index (χ1) is 8.21. The van der Waals surface area contributed by atoms with Gasteiger partial charge in [0.2, 0.25) is 0 Å². The van der Waals surface area contributed by atoms with Crippen LogP contribution < -0.4 is 15.0 Å². The number of ether oxygens (including phenoxy) is 1. The van der Waals surface area contributed by atoms with Gasteiger partial charge in [-0.1, -0.05) is 0 Å². The topological polar surface area (TPSA) is 24.5 Å². The molecule has 1 aromatic carbocycles. The van der Waals surface area contributed by atoms with Crippen molar-refractivity contribution in [1.82, 2.24) is 5.32 Å². The molecular weight excluding hydrogens is 212 g/mol. The SMILES string of the molecule is CCN1c2ccc(OC)cc2CC1C(C)NC. The fraction of sp³-hybridized carbons (Fsp3) is 0.571. The second-order valence-electron chi connectivity index (χ2n) is 4.63. The van der Waals surface area contributed by atoms with Gasteiger partial charge in [-0.2, -0.15) is 0 Å². The largest absolute Gasteiger partial charge is 0.497 e. The Morgan fingerprint density at radius 3 is 2.88 bits per heavy atom. The molecule has 0 amide bonds. The molecule has 0 aliphatic carbocycles. The highest BCUT2D eigenvalue weighted by Gasteiger charge is 2.31. The van der Waals surface area contributed by atoms with E-state index in [1.54, 1.807) is 7.11 Å². The van der Waals surface area contributed by atoms with Crippen LogP contribution in [0.1, 0.15) is 19.4 Å². The van der Waals surface area contributed by atoms with Crippen molar-refractivity contribution in [1.29, 1.82) is 0 Å². The Bertz CT molecular complexity index is 392. The van der Waals surface area contributed by atoms with Gasteiger partial charge < -0.3 is 15.0 Å². The van der Waals surface area contributed by atoms with Crippen LogP contribution >= 0.6 is 0 Å². The Morgan fingerprint density at radius 1 is 1.53 bits per heavy atom. The van der Waals surface area contributed by atoms with Crippen LogP contribution in [-0.2, 0) is 6.42 Å². The molecule has 2 unspecified atom stereocenters. The summed E-state index contributed by atoms with van der Waals surface area (Å²) in [5, 5.41) is 3.36. The summed E-state index contributed by atoms with van der Waals surface area (Å²) in [7, 11) is 3.75. The standard InChI is InChI=1S/C14H22N2O/c1-5-16-13-7-6-12(17-4)8-11(13)9-14(16)10(2)15-3/h6-8,10,14-15H,5,9H2,1-4H3. The molecule has 3 nitrogen and oxygen atoms in total. The van der Waals surface area contributed by atoms with Gasteiger partial charge in [0, 0.05) is 24.3 Å². The second-order valence-corrected chi connectivity index (χ2v) is 4.63. The molecule has 1 N–H and O–H groups in total. The third-order valence-corrected chi connectivity index (χ3v) is 3.80. The fourth-order valence-electron chi connectivity index (χ4n) is 2.69. The van der Waals surface area contributed by atoms with Crippen molar-refractivity contribution in [2.24, 2.45) is 0 Å². The Labute approximate surface area is 104 Å². The number of rotatable bonds is 4. The third kappa shape index (κ3) is 2.12. The number of likely N-dealkylation sites (N-methyl/N-ethyl adjacent to an activating group) is 2. The van der Waals surface area contributed by atoms with E-state index in [1.807, 2.05) is 13.1 Å². The molecule has 2 atom stereocenters. The lowest BCUT2D eigenvalue weighted by Crippen LogP contribution is -2.45. The molecule has 0 saturated carbocycles. The molecule has 0 saturated heterocycles. The van der Waals surface area contributed by atoms with Crippen molar-refractivity contribution >= 4 is 5.69 Å². The molecule has 0 bridgehead atoms. The fourth-order valence-corrected chi connectivity index (χ4v) is 2.69. The highest BCUT2D eigenvalue weighted by molar-refractivity contribution is 5.61. The summed E-state index contributed by atoms with van der Waals surface area (Å²) in [6.45, 7) is 5.52. The number of nitrogens with zero attached hydrogens (tertiary/aromatic N) is 1. The molecule has 3 heteroatoms. The number of methoxy groups -OCH3 is 1. The van der Waals surface area contributed by atoms with Gasteiger partial charge in [-0.25, -0.2) is 0 Å². The minimum absolute atomic E-state index is 0.494. The van der Waals surface area contributed by atoms with Gasteiger partial charge in [0.1, 0.15) is 5.75 Å².